The van der Waals surface area contributed by atoms with Crippen LogP contribution in [0.1, 0.15) is 40.5 Å². The molecule has 2 aliphatic carbocycles. The highest BCUT2D eigenvalue weighted by Crippen LogP contribution is 2.77. The standard InChI is InChI=1S/C18H20Cl6N2O2/c1-14(2)5-7(6-15(3,4)25-14)26-12(27)8-9(13(26)28)17(22)11(20)10(19)16(8,21)18(17,23)24/h7-9,25H,5-6H2,1-4H3. The van der Waals surface area contributed by atoms with Gasteiger partial charge >= 0.3 is 0 Å². The first-order valence-corrected chi connectivity index (χ1v) is 11.3. The smallest absolute Gasteiger partial charge is 0.235 e. The van der Waals surface area contributed by atoms with Crippen LogP contribution in [0.3, 0.4) is 0 Å². The van der Waals surface area contributed by atoms with Crippen molar-refractivity contribution in [1.82, 2.24) is 10.2 Å². The highest BCUT2D eigenvalue weighted by molar-refractivity contribution is 6.66. The van der Waals surface area contributed by atoms with E-state index >= 15 is 0 Å². The minimum Gasteiger partial charge on any atom is -0.307 e. The highest BCUT2D eigenvalue weighted by Gasteiger charge is 2.87. The number of imide groups is 1. The van der Waals surface area contributed by atoms with E-state index in [0.717, 1.165) is 0 Å². The molecule has 4 unspecified atom stereocenters. The van der Waals surface area contributed by atoms with Crippen LogP contribution >= 0.6 is 69.6 Å². The van der Waals surface area contributed by atoms with Crippen molar-refractivity contribution >= 4 is 81.4 Å². The van der Waals surface area contributed by atoms with Gasteiger partial charge < -0.3 is 5.32 Å². The van der Waals surface area contributed by atoms with Crippen molar-refractivity contribution in [3.05, 3.63) is 10.1 Å². The average Bonchev–Trinajstić information content (AvgIpc) is 2.89. The second kappa shape index (κ2) is 5.88. The van der Waals surface area contributed by atoms with Crippen LogP contribution in [0.25, 0.3) is 0 Å². The molecule has 0 spiro atoms. The van der Waals surface area contributed by atoms with Gasteiger partial charge in [0.05, 0.1) is 21.9 Å². The predicted octanol–water partition coefficient (Wildman–Crippen LogP) is 4.74. The van der Waals surface area contributed by atoms with Crippen LogP contribution in [0.2, 0.25) is 0 Å². The Hall–Kier alpha value is 0.580. The summed E-state index contributed by atoms with van der Waals surface area (Å²) in [4.78, 5) is 24.8. The first kappa shape index (κ1) is 21.8. The van der Waals surface area contributed by atoms with Gasteiger partial charge in [-0.2, -0.15) is 0 Å². The van der Waals surface area contributed by atoms with Crippen molar-refractivity contribution in [2.75, 3.05) is 0 Å². The maximum Gasteiger partial charge on any atom is 0.235 e. The summed E-state index contributed by atoms with van der Waals surface area (Å²) < 4.78 is -1.89. The maximum atomic E-state index is 13.5. The van der Waals surface area contributed by atoms with E-state index in [0.29, 0.717) is 12.8 Å². The van der Waals surface area contributed by atoms with Gasteiger partial charge in [-0.1, -0.05) is 46.4 Å². The van der Waals surface area contributed by atoms with Crippen LogP contribution in [-0.2, 0) is 9.59 Å². The third-order valence-electron chi connectivity index (χ3n) is 6.48. The third-order valence-corrected chi connectivity index (χ3v) is 10.7. The summed E-state index contributed by atoms with van der Waals surface area (Å²) in [7, 11) is 0. The molecule has 3 fully saturated rings. The number of hydrogen-bond acceptors (Lipinski definition) is 3. The number of rotatable bonds is 1. The topological polar surface area (TPSA) is 49.4 Å². The first-order valence-electron chi connectivity index (χ1n) is 9.01. The molecule has 0 aromatic carbocycles. The maximum absolute atomic E-state index is 13.5. The van der Waals surface area contributed by atoms with Crippen LogP contribution in [0.15, 0.2) is 10.1 Å². The van der Waals surface area contributed by atoms with Gasteiger partial charge in [0.2, 0.25) is 11.8 Å². The number of amides is 2. The molecule has 1 N–H and O–H groups in total. The van der Waals surface area contributed by atoms with Crippen molar-refractivity contribution in [2.45, 2.75) is 71.7 Å². The highest BCUT2D eigenvalue weighted by atomic mass is 35.5. The van der Waals surface area contributed by atoms with E-state index < -0.39 is 37.7 Å². The SMILES string of the molecule is CC1(C)CC(N2C(=O)C3C(C2=O)C2(Cl)C(Cl)=C(Cl)C3(Cl)C2(Cl)Cl)CC(C)(C)N1. The quantitative estimate of drug-likeness (QED) is 0.411. The zero-order chi connectivity index (χ0) is 21.2. The summed E-state index contributed by atoms with van der Waals surface area (Å²) in [6, 6.07) is -0.311. The molecule has 0 aromatic heterocycles. The number of halogens is 6. The second-order valence-corrected chi connectivity index (χ2v) is 12.9. The molecule has 2 aliphatic heterocycles. The number of likely N-dealkylation sites (tertiary alicyclic amines) is 1. The Morgan fingerprint density at radius 3 is 1.54 bits per heavy atom. The lowest BCUT2D eigenvalue weighted by atomic mass is 9.79. The zero-order valence-electron chi connectivity index (χ0n) is 15.7. The lowest BCUT2D eigenvalue weighted by Crippen LogP contribution is -2.63. The van der Waals surface area contributed by atoms with E-state index in [1.54, 1.807) is 0 Å². The molecule has 0 radical (unpaired) electrons. The molecule has 4 nitrogen and oxygen atoms in total. The molecule has 28 heavy (non-hydrogen) atoms. The zero-order valence-corrected chi connectivity index (χ0v) is 20.2. The lowest BCUT2D eigenvalue weighted by Gasteiger charge is -2.48. The Bertz CT molecular complexity index is 778. The molecule has 10 heteroatoms. The summed E-state index contributed by atoms with van der Waals surface area (Å²) in [6.07, 6.45) is 1.19. The van der Waals surface area contributed by atoms with Gasteiger partial charge in [-0.05, 0) is 40.5 Å². The fourth-order valence-electron chi connectivity index (χ4n) is 5.83. The van der Waals surface area contributed by atoms with Crippen molar-refractivity contribution in [1.29, 1.82) is 0 Å². The second-order valence-electron chi connectivity index (χ2n) is 9.58. The number of nitrogens with one attached hydrogen (secondary N) is 1. The minimum atomic E-state index is -1.89. The van der Waals surface area contributed by atoms with E-state index in [4.69, 9.17) is 69.6 Å². The molecule has 2 heterocycles. The molecule has 0 aromatic rings. The molecule has 4 aliphatic rings. The predicted molar refractivity (Wildman–Crippen MR) is 113 cm³/mol. The average molecular weight is 509 g/mol. The molecule has 4 rings (SSSR count). The van der Waals surface area contributed by atoms with E-state index in [-0.39, 0.29) is 27.2 Å². The lowest BCUT2D eigenvalue weighted by molar-refractivity contribution is -0.145. The molecule has 2 saturated heterocycles. The number of nitrogens with zero attached hydrogens (tertiary/aromatic N) is 1. The van der Waals surface area contributed by atoms with Crippen molar-refractivity contribution < 1.29 is 9.59 Å². The molecule has 2 amide bonds. The van der Waals surface area contributed by atoms with Crippen molar-refractivity contribution in [3.8, 4) is 0 Å². The van der Waals surface area contributed by atoms with Gasteiger partial charge in [0.15, 0.2) is 4.33 Å². The van der Waals surface area contributed by atoms with Crippen molar-refractivity contribution in [2.24, 2.45) is 11.8 Å². The molecular formula is C18H20Cl6N2O2. The Morgan fingerprint density at radius 2 is 1.18 bits per heavy atom. The van der Waals surface area contributed by atoms with Gasteiger partial charge in [0.25, 0.3) is 0 Å². The summed E-state index contributed by atoms with van der Waals surface area (Å²) >= 11 is 39.3. The van der Waals surface area contributed by atoms with Crippen LogP contribution in [0.5, 0.6) is 0 Å². The van der Waals surface area contributed by atoms with Gasteiger partial charge in [0.1, 0.15) is 9.75 Å². The minimum absolute atomic E-state index is 0.0638. The molecule has 4 atom stereocenters. The van der Waals surface area contributed by atoms with Crippen LogP contribution < -0.4 is 5.32 Å². The summed E-state index contributed by atoms with van der Waals surface area (Å²) in [5.41, 5.74) is -0.533. The fourth-order valence-corrected chi connectivity index (χ4v) is 8.76. The van der Waals surface area contributed by atoms with Gasteiger partial charge in [-0.3, -0.25) is 14.5 Å². The van der Waals surface area contributed by atoms with Crippen LogP contribution in [0.4, 0.5) is 0 Å². The number of allylic oxidation sites excluding steroid dienone is 2. The first-order chi connectivity index (χ1) is 12.5. The monoisotopic (exact) mass is 506 g/mol. The number of hydrogen-bond donors (Lipinski definition) is 1. The number of alkyl halides is 4. The number of fused-ring (bicyclic) bond motifs is 5. The van der Waals surface area contributed by atoms with Crippen LogP contribution in [0, 0.1) is 11.8 Å². The van der Waals surface area contributed by atoms with Gasteiger partial charge in [-0.15, -0.1) is 23.2 Å². The normalized spacial score (nSPS) is 43.9. The summed E-state index contributed by atoms with van der Waals surface area (Å²) in [5, 5.41) is 3.42. The van der Waals surface area contributed by atoms with E-state index in [1.807, 2.05) is 27.7 Å². The van der Waals surface area contributed by atoms with Crippen molar-refractivity contribution in [3.63, 3.8) is 0 Å². The third kappa shape index (κ3) is 2.32. The number of carbonyl (C=O) groups excluding carboxylic acids is 2. The Kier molecular flexibility index (Phi) is 4.58. The molecule has 156 valence electrons. The largest absolute Gasteiger partial charge is 0.307 e. The Morgan fingerprint density at radius 1 is 0.821 bits per heavy atom. The van der Waals surface area contributed by atoms with E-state index in [9.17, 15) is 9.59 Å². The van der Waals surface area contributed by atoms with E-state index in [1.165, 1.54) is 4.90 Å². The van der Waals surface area contributed by atoms with Gasteiger partial charge in [-0.25, -0.2) is 0 Å². The number of piperidine rings is 1. The molecule has 1 saturated carbocycles. The van der Waals surface area contributed by atoms with Gasteiger partial charge in [0, 0.05) is 17.1 Å². The van der Waals surface area contributed by atoms with E-state index in [2.05, 4.69) is 5.32 Å². The Labute approximate surface area is 194 Å². The summed E-state index contributed by atoms with van der Waals surface area (Å²) in [6.45, 7) is 8.17. The van der Waals surface area contributed by atoms with Crippen LogP contribution in [-0.4, -0.2) is 47.9 Å². The summed E-state index contributed by atoms with van der Waals surface area (Å²) in [5.74, 6) is -3.02. The Balaban J connectivity index is 1.80. The number of carbonyl (C=O) groups is 2. The molecular weight excluding hydrogens is 489 g/mol. The fraction of sp³-hybridized carbons (Fsp3) is 0.778. The molecule has 2 bridgehead atoms.